The molecular formula is C46H78N6O8S. The van der Waals surface area contributed by atoms with E-state index in [-0.39, 0.29) is 56.2 Å². The van der Waals surface area contributed by atoms with Gasteiger partial charge in [0.15, 0.2) is 11.6 Å². The number of nitrogens with two attached hydrogens (primary N) is 2. The number of thioether (sulfide) groups is 1. The maximum Gasteiger partial charge on any atom is 0.242 e. The van der Waals surface area contributed by atoms with Crippen molar-refractivity contribution in [2.45, 2.75) is 167 Å². The van der Waals surface area contributed by atoms with Crippen molar-refractivity contribution in [2.75, 3.05) is 32.1 Å². The van der Waals surface area contributed by atoms with Crippen molar-refractivity contribution in [2.24, 2.45) is 23.3 Å². The van der Waals surface area contributed by atoms with Crippen LogP contribution >= 0.6 is 11.8 Å². The topological polar surface area (TPSA) is 240 Å². The Kier molecular flexibility index (Phi) is 31.2. The number of phenols is 1. The molecule has 5 amide bonds. The second-order valence-electron chi connectivity index (χ2n) is 16.3. The van der Waals surface area contributed by atoms with Crippen molar-refractivity contribution >= 4 is 52.9 Å². The molecule has 0 spiro atoms. The zero-order valence-electron chi connectivity index (χ0n) is 37.4. The molecule has 346 valence electrons. The van der Waals surface area contributed by atoms with Crippen LogP contribution in [0.2, 0.25) is 0 Å². The molecule has 0 saturated heterocycles. The van der Waals surface area contributed by atoms with Gasteiger partial charge in [0.2, 0.25) is 29.5 Å². The highest BCUT2D eigenvalue weighted by Gasteiger charge is 2.31. The Labute approximate surface area is 369 Å². The maximum absolute atomic E-state index is 13.9. The normalized spacial score (nSPS) is 13.0. The summed E-state index contributed by atoms with van der Waals surface area (Å²) in [6.45, 7) is 2.29. The zero-order valence-corrected chi connectivity index (χ0v) is 38.2. The minimum Gasteiger partial charge on any atom is -0.508 e. The monoisotopic (exact) mass is 875 g/mol. The molecule has 14 nitrogen and oxygen atoms in total. The lowest BCUT2D eigenvalue weighted by atomic mass is 9.90. The van der Waals surface area contributed by atoms with Crippen molar-refractivity contribution in [3.63, 3.8) is 0 Å². The standard InChI is InChI=1S/C46H78N6O8S/c1-4-5-6-7-8-9-10-11-12-13-14-15-16-20-43(57)51-40(27-29-61-3)46(60)50-33-38(54)31-36(30-34-21-23-37(53)24-22-34)45(59)52-39(25-26-42(48)56)41(55)32-35(44(58)49-2)19-17-18-28-47/h21-24,35-36,39-40,53H,4-20,25-33,47H2,1-3H3,(H2,48,56)(H,49,58)(H,50,60)(H,51,57)(H,52,59)/t35-,36+,39+,40+/m1/s1. The number of ketones is 2. The van der Waals surface area contributed by atoms with Crippen LogP contribution < -0.4 is 32.7 Å². The van der Waals surface area contributed by atoms with Crippen LogP contribution in [0.25, 0.3) is 0 Å². The van der Waals surface area contributed by atoms with Crippen molar-refractivity contribution in [3.8, 4) is 5.75 Å². The quantitative estimate of drug-likeness (QED) is 0.0409. The molecule has 15 heteroatoms. The number of aromatic hydroxyl groups is 1. The Hall–Kier alpha value is -3.98. The van der Waals surface area contributed by atoms with E-state index in [4.69, 9.17) is 11.5 Å². The predicted octanol–water partition coefficient (Wildman–Crippen LogP) is 5.55. The average Bonchev–Trinajstić information content (AvgIpc) is 3.24. The van der Waals surface area contributed by atoms with Crippen LogP contribution in [0.3, 0.4) is 0 Å². The third-order valence-corrected chi connectivity index (χ3v) is 11.6. The van der Waals surface area contributed by atoms with Gasteiger partial charge in [0.25, 0.3) is 0 Å². The molecule has 0 aliphatic rings. The Morgan fingerprint density at radius 1 is 0.672 bits per heavy atom. The third kappa shape index (κ3) is 26.9. The van der Waals surface area contributed by atoms with E-state index < -0.39 is 53.2 Å². The second kappa shape index (κ2) is 34.6. The molecule has 0 aliphatic carbocycles. The number of hydrogen-bond acceptors (Lipinski definition) is 10. The highest BCUT2D eigenvalue weighted by Crippen LogP contribution is 2.20. The first kappa shape index (κ1) is 55.0. The van der Waals surface area contributed by atoms with Gasteiger partial charge in [-0.05, 0) is 74.8 Å². The van der Waals surface area contributed by atoms with E-state index in [1.54, 1.807) is 12.1 Å². The number of hydrogen-bond donors (Lipinski definition) is 7. The molecule has 0 heterocycles. The summed E-state index contributed by atoms with van der Waals surface area (Å²) in [7, 11) is 1.48. The lowest BCUT2D eigenvalue weighted by Gasteiger charge is -2.24. The summed E-state index contributed by atoms with van der Waals surface area (Å²) in [5.41, 5.74) is 11.7. The predicted molar refractivity (Wildman–Crippen MR) is 244 cm³/mol. The molecule has 0 unspecified atom stereocenters. The molecule has 0 aliphatic heterocycles. The summed E-state index contributed by atoms with van der Waals surface area (Å²) in [4.78, 5) is 91.5. The largest absolute Gasteiger partial charge is 0.508 e. The van der Waals surface area contributed by atoms with E-state index in [0.717, 1.165) is 25.7 Å². The van der Waals surface area contributed by atoms with Crippen molar-refractivity contribution in [1.82, 2.24) is 21.3 Å². The molecule has 9 N–H and O–H groups in total. The molecule has 0 bridgehead atoms. The van der Waals surface area contributed by atoms with E-state index in [1.165, 1.54) is 88.7 Å². The Morgan fingerprint density at radius 3 is 1.84 bits per heavy atom. The first-order valence-corrected chi connectivity index (χ1v) is 24.1. The number of benzene rings is 1. The fourth-order valence-electron chi connectivity index (χ4n) is 7.24. The number of carbonyl (C=O) groups excluding carboxylic acids is 7. The van der Waals surface area contributed by atoms with Crippen molar-refractivity contribution < 1.29 is 38.7 Å². The van der Waals surface area contributed by atoms with Gasteiger partial charge in [-0.1, -0.05) is 103 Å². The highest BCUT2D eigenvalue weighted by molar-refractivity contribution is 7.98. The van der Waals surface area contributed by atoms with E-state index in [1.807, 2.05) is 6.26 Å². The summed E-state index contributed by atoms with van der Waals surface area (Å²) in [6, 6.07) is 4.16. The van der Waals surface area contributed by atoms with Gasteiger partial charge in [0.05, 0.1) is 12.6 Å². The maximum atomic E-state index is 13.9. The number of phenolic OH excluding ortho intramolecular Hbond substituents is 1. The summed E-state index contributed by atoms with van der Waals surface area (Å²) < 4.78 is 0. The molecule has 0 aromatic heterocycles. The number of primary amides is 1. The molecule has 4 atom stereocenters. The lowest BCUT2D eigenvalue weighted by molar-refractivity contribution is -0.134. The Morgan fingerprint density at radius 2 is 1.28 bits per heavy atom. The highest BCUT2D eigenvalue weighted by atomic mass is 32.2. The zero-order chi connectivity index (χ0) is 45.3. The molecule has 0 fully saturated rings. The van der Waals surface area contributed by atoms with Crippen LogP contribution in [-0.2, 0) is 40.0 Å². The van der Waals surface area contributed by atoms with E-state index in [0.29, 0.717) is 50.0 Å². The van der Waals surface area contributed by atoms with Gasteiger partial charge in [-0.25, -0.2) is 0 Å². The van der Waals surface area contributed by atoms with Gasteiger partial charge >= 0.3 is 0 Å². The SMILES string of the molecule is CCCCCCCCCCCCCCCC(=O)N[C@@H](CCSC)C(=O)NCC(=O)C[C@H](Cc1ccc(O)cc1)C(=O)N[C@@H](CCC(N)=O)C(=O)C[C@@H](CCCCN)C(=O)NC. The Bertz CT molecular complexity index is 1450. The molecule has 1 aromatic rings. The second-order valence-corrected chi connectivity index (χ2v) is 17.2. The number of nitrogens with one attached hydrogen (secondary N) is 4. The van der Waals surface area contributed by atoms with Gasteiger partial charge in [-0.2, -0.15) is 11.8 Å². The van der Waals surface area contributed by atoms with Crippen LogP contribution in [0.1, 0.15) is 154 Å². The van der Waals surface area contributed by atoms with Crippen LogP contribution in [0.5, 0.6) is 5.75 Å². The summed E-state index contributed by atoms with van der Waals surface area (Å²) in [5.74, 6) is -4.26. The number of carbonyl (C=O) groups is 7. The molecular weight excluding hydrogens is 797 g/mol. The van der Waals surface area contributed by atoms with E-state index in [9.17, 15) is 38.7 Å². The molecule has 1 rings (SSSR count). The molecule has 1 aromatic carbocycles. The minimum atomic E-state index is -1.15. The van der Waals surface area contributed by atoms with Crippen molar-refractivity contribution in [3.05, 3.63) is 29.8 Å². The lowest BCUT2D eigenvalue weighted by Crippen LogP contribution is -2.48. The smallest absolute Gasteiger partial charge is 0.242 e. The number of unbranched alkanes of at least 4 members (excludes halogenated alkanes) is 13. The van der Waals surface area contributed by atoms with E-state index >= 15 is 0 Å². The molecule has 61 heavy (non-hydrogen) atoms. The van der Waals surface area contributed by atoms with Gasteiger partial charge in [-0.15, -0.1) is 0 Å². The minimum absolute atomic E-state index is 0.0187. The number of Topliss-reactive ketones (excluding diaryl/α,β-unsaturated/α-hetero) is 2. The molecule has 0 radical (unpaired) electrons. The van der Waals surface area contributed by atoms with Gasteiger partial charge in [-0.3, -0.25) is 33.6 Å². The van der Waals surface area contributed by atoms with Crippen LogP contribution in [0.15, 0.2) is 24.3 Å². The van der Waals surface area contributed by atoms with Gasteiger partial charge in [0.1, 0.15) is 11.8 Å². The summed E-state index contributed by atoms with van der Waals surface area (Å²) in [5, 5.41) is 20.6. The first-order chi connectivity index (χ1) is 29.3. The van der Waals surface area contributed by atoms with Gasteiger partial charge in [0, 0.05) is 44.6 Å². The van der Waals surface area contributed by atoms with Gasteiger partial charge < -0.3 is 37.8 Å². The van der Waals surface area contributed by atoms with Crippen LogP contribution in [0.4, 0.5) is 0 Å². The number of amides is 5. The average molecular weight is 875 g/mol. The van der Waals surface area contributed by atoms with Crippen LogP contribution in [-0.4, -0.2) is 90.4 Å². The summed E-state index contributed by atoms with van der Waals surface area (Å²) in [6.07, 6.45) is 19.2. The fraction of sp³-hybridized carbons (Fsp3) is 0.717. The molecule has 0 saturated carbocycles. The number of rotatable bonds is 38. The van der Waals surface area contributed by atoms with Crippen molar-refractivity contribution in [1.29, 1.82) is 0 Å². The van der Waals surface area contributed by atoms with E-state index in [2.05, 4.69) is 28.2 Å². The fourth-order valence-corrected chi connectivity index (χ4v) is 7.72. The van der Waals surface area contributed by atoms with Crippen LogP contribution in [0, 0.1) is 11.8 Å². The third-order valence-electron chi connectivity index (χ3n) is 10.9. The Balaban J connectivity index is 2.88. The first-order valence-electron chi connectivity index (χ1n) is 22.7. The summed E-state index contributed by atoms with van der Waals surface area (Å²) >= 11 is 1.54.